The van der Waals surface area contributed by atoms with E-state index in [4.69, 9.17) is 0 Å². The van der Waals surface area contributed by atoms with E-state index in [9.17, 15) is 5.11 Å². The molecule has 1 heterocycles. The van der Waals surface area contributed by atoms with Crippen molar-refractivity contribution in [2.75, 3.05) is 6.54 Å². The number of H-pyrrole nitrogens is 1. The highest BCUT2D eigenvalue weighted by Crippen LogP contribution is 2.35. The highest BCUT2D eigenvalue weighted by Gasteiger charge is 2.34. The van der Waals surface area contributed by atoms with Crippen LogP contribution < -0.4 is 5.32 Å². The molecule has 1 aliphatic carbocycles. The summed E-state index contributed by atoms with van der Waals surface area (Å²) in [5, 5.41) is 21.2. The molecule has 0 amide bonds. The van der Waals surface area contributed by atoms with E-state index in [1.165, 1.54) is 6.42 Å². The second-order valence-electron chi connectivity index (χ2n) is 6.66. The number of benzene rings is 1. The fraction of sp³-hybridized carbons (Fsp3) is 0.500. The van der Waals surface area contributed by atoms with Gasteiger partial charge < -0.3 is 10.4 Å². The molecular formula is C18H25N3O. The number of rotatable bonds is 5. The summed E-state index contributed by atoms with van der Waals surface area (Å²) in [5.74, 6) is 0. The van der Waals surface area contributed by atoms with E-state index < -0.39 is 0 Å². The maximum absolute atomic E-state index is 10.2. The number of hydrogen-bond donors (Lipinski definition) is 3. The summed E-state index contributed by atoms with van der Waals surface area (Å²) in [4.78, 5) is 0. The summed E-state index contributed by atoms with van der Waals surface area (Å²) < 4.78 is 0. The monoisotopic (exact) mass is 299 g/mol. The normalized spacial score (nSPS) is 25.3. The first-order valence-electron chi connectivity index (χ1n) is 8.16. The second-order valence-corrected chi connectivity index (χ2v) is 6.66. The molecule has 4 heteroatoms. The Bertz CT molecular complexity index is 595. The molecule has 3 rings (SSSR count). The smallest absolute Gasteiger partial charge is 0.0924 e. The third-order valence-electron chi connectivity index (χ3n) is 4.82. The van der Waals surface area contributed by atoms with E-state index in [2.05, 4.69) is 40.6 Å². The van der Waals surface area contributed by atoms with Crippen LogP contribution in [0.4, 0.5) is 0 Å². The molecule has 0 spiro atoms. The molecule has 0 bridgehead atoms. The maximum atomic E-state index is 10.2. The van der Waals surface area contributed by atoms with Gasteiger partial charge in [-0.1, -0.05) is 50.1 Å². The minimum atomic E-state index is -0.185. The summed E-state index contributed by atoms with van der Waals surface area (Å²) in [6, 6.07) is 12.3. The summed E-state index contributed by atoms with van der Waals surface area (Å²) >= 11 is 0. The molecule has 22 heavy (non-hydrogen) atoms. The van der Waals surface area contributed by atoms with Crippen molar-refractivity contribution < 1.29 is 5.11 Å². The van der Waals surface area contributed by atoms with Crippen LogP contribution in [0.2, 0.25) is 0 Å². The Kier molecular flexibility index (Phi) is 4.60. The van der Waals surface area contributed by atoms with Gasteiger partial charge in [-0.3, -0.25) is 5.10 Å². The zero-order valence-electron chi connectivity index (χ0n) is 13.2. The van der Waals surface area contributed by atoms with Crippen molar-refractivity contribution in [1.82, 2.24) is 15.5 Å². The number of hydrogen-bond acceptors (Lipinski definition) is 3. The molecule has 4 nitrogen and oxygen atoms in total. The lowest BCUT2D eigenvalue weighted by atomic mass is 9.73. The Morgan fingerprint density at radius 3 is 2.91 bits per heavy atom. The van der Waals surface area contributed by atoms with Crippen LogP contribution in [0.1, 0.15) is 38.3 Å². The number of aromatic amines is 1. The van der Waals surface area contributed by atoms with Crippen molar-refractivity contribution in [3.05, 3.63) is 42.1 Å². The van der Waals surface area contributed by atoms with Gasteiger partial charge in [-0.2, -0.15) is 5.10 Å². The Labute approximate surface area is 132 Å². The molecular weight excluding hydrogens is 274 g/mol. The molecule has 1 aromatic heterocycles. The fourth-order valence-corrected chi connectivity index (χ4v) is 3.28. The van der Waals surface area contributed by atoms with Crippen LogP contribution in [0.3, 0.4) is 0 Å². The van der Waals surface area contributed by atoms with Crippen LogP contribution in [-0.2, 0) is 6.54 Å². The summed E-state index contributed by atoms with van der Waals surface area (Å²) in [7, 11) is 0. The molecule has 2 unspecified atom stereocenters. The van der Waals surface area contributed by atoms with Crippen molar-refractivity contribution in [1.29, 1.82) is 0 Å². The average molecular weight is 299 g/mol. The molecule has 1 aliphatic rings. The molecule has 0 saturated heterocycles. The van der Waals surface area contributed by atoms with Crippen molar-refractivity contribution in [3.8, 4) is 11.3 Å². The molecule has 0 radical (unpaired) electrons. The number of aliphatic hydroxyl groups excluding tert-OH is 1. The lowest BCUT2D eigenvalue weighted by Gasteiger charge is -2.38. The van der Waals surface area contributed by atoms with Gasteiger partial charge in [0.25, 0.3) is 0 Å². The largest absolute Gasteiger partial charge is 0.393 e. The minimum absolute atomic E-state index is 0.000527. The molecule has 2 atom stereocenters. The average Bonchev–Trinajstić information content (AvgIpc) is 3.00. The van der Waals surface area contributed by atoms with Crippen molar-refractivity contribution in [2.24, 2.45) is 5.41 Å². The summed E-state index contributed by atoms with van der Waals surface area (Å²) in [6.45, 7) is 3.78. The van der Waals surface area contributed by atoms with E-state index >= 15 is 0 Å². The second kappa shape index (κ2) is 6.63. The molecule has 1 fully saturated rings. The Morgan fingerprint density at radius 2 is 2.14 bits per heavy atom. The number of nitrogens with zero attached hydrogens (tertiary/aromatic N) is 1. The first-order chi connectivity index (χ1) is 10.7. The zero-order chi connectivity index (χ0) is 15.4. The molecule has 1 saturated carbocycles. The minimum Gasteiger partial charge on any atom is -0.393 e. The molecule has 0 aliphatic heterocycles. The van der Waals surface area contributed by atoms with Gasteiger partial charge in [-0.25, -0.2) is 0 Å². The van der Waals surface area contributed by atoms with Crippen molar-refractivity contribution >= 4 is 0 Å². The van der Waals surface area contributed by atoms with E-state index in [1.54, 1.807) is 0 Å². The van der Waals surface area contributed by atoms with Crippen LogP contribution >= 0.6 is 0 Å². The summed E-state index contributed by atoms with van der Waals surface area (Å²) in [6.07, 6.45) is 4.21. The van der Waals surface area contributed by atoms with Crippen LogP contribution in [0.5, 0.6) is 0 Å². The van der Waals surface area contributed by atoms with Crippen LogP contribution in [0, 0.1) is 5.41 Å². The number of nitrogens with one attached hydrogen (secondary N) is 2. The lowest BCUT2D eigenvalue weighted by Crippen LogP contribution is -2.43. The Morgan fingerprint density at radius 1 is 1.32 bits per heavy atom. The van der Waals surface area contributed by atoms with Gasteiger partial charge >= 0.3 is 0 Å². The predicted octanol–water partition coefficient (Wildman–Crippen LogP) is 3.11. The Hall–Kier alpha value is -1.65. The molecule has 2 aromatic rings. The van der Waals surface area contributed by atoms with E-state index in [0.29, 0.717) is 0 Å². The van der Waals surface area contributed by atoms with Gasteiger partial charge in [-0.05, 0) is 18.9 Å². The lowest BCUT2D eigenvalue weighted by molar-refractivity contribution is 0.00111. The van der Waals surface area contributed by atoms with Gasteiger partial charge in [0.05, 0.1) is 11.8 Å². The highest BCUT2D eigenvalue weighted by molar-refractivity contribution is 5.58. The first kappa shape index (κ1) is 15.3. The maximum Gasteiger partial charge on any atom is 0.0924 e. The van der Waals surface area contributed by atoms with Gasteiger partial charge in [0.1, 0.15) is 0 Å². The molecule has 118 valence electrons. The summed E-state index contributed by atoms with van der Waals surface area (Å²) in [5.41, 5.74) is 3.18. The fourth-order valence-electron chi connectivity index (χ4n) is 3.28. The van der Waals surface area contributed by atoms with Crippen LogP contribution in [0.25, 0.3) is 11.3 Å². The highest BCUT2D eigenvalue weighted by atomic mass is 16.3. The standard InChI is InChI=1S/C18H25N3O/c1-18(10-6-5-9-17(18)22)13-19-12-15-11-16(21-20-15)14-7-3-2-4-8-14/h2-4,7-8,11,17,19,22H,5-6,9-10,12-13H2,1H3,(H,20,21). The molecule has 3 N–H and O–H groups in total. The zero-order valence-corrected chi connectivity index (χ0v) is 13.2. The quantitative estimate of drug-likeness (QED) is 0.795. The van der Waals surface area contributed by atoms with Crippen LogP contribution in [0.15, 0.2) is 36.4 Å². The van der Waals surface area contributed by atoms with Gasteiger partial charge in [-0.15, -0.1) is 0 Å². The van der Waals surface area contributed by atoms with E-state index in [0.717, 1.165) is 49.3 Å². The SMILES string of the molecule is CC1(CNCc2cc(-c3ccccc3)n[nH]2)CCCCC1O. The van der Waals surface area contributed by atoms with Crippen molar-refractivity contribution in [3.63, 3.8) is 0 Å². The first-order valence-corrected chi connectivity index (χ1v) is 8.16. The number of aromatic nitrogens is 2. The molecule has 1 aromatic carbocycles. The van der Waals surface area contributed by atoms with E-state index in [1.807, 2.05) is 18.2 Å². The topological polar surface area (TPSA) is 60.9 Å². The van der Waals surface area contributed by atoms with Crippen LogP contribution in [-0.4, -0.2) is 28.0 Å². The van der Waals surface area contributed by atoms with E-state index in [-0.39, 0.29) is 11.5 Å². The predicted molar refractivity (Wildman–Crippen MR) is 88.3 cm³/mol. The van der Waals surface area contributed by atoms with Gasteiger partial charge in [0.2, 0.25) is 0 Å². The number of aliphatic hydroxyl groups is 1. The third-order valence-corrected chi connectivity index (χ3v) is 4.82. The van der Waals surface area contributed by atoms with Gasteiger partial charge in [0.15, 0.2) is 0 Å². The van der Waals surface area contributed by atoms with Crippen molar-refractivity contribution in [2.45, 2.75) is 45.3 Å². The third kappa shape index (κ3) is 3.39. The Balaban J connectivity index is 1.55. The van der Waals surface area contributed by atoms with Gasteiger partial charge in [0, 0.05) is 29.8 Å².